The first-order valence-electron chi connectivity index (χ1n) is 8.24. The molecular formula is C22H18O4. The zero-order chi connectivity index (χ0) is 18.5. The molecule has 130 valence electrons. The first kappa shape index (κ1) is 17.4. The zero-order valence-electron chi connectivity index (χ0n) is 14.1. The quantitative estimate of drug-likeness (QED) is 0.699. The maximum atomic E-state index is 10.8. The fourth-order valence-corrected chi connectivity index (χ4v) is 2.94. The number of rotatable bonds is 6. The predicted molar refractivity (Wildman–Crippen MR) is 100.0 cm³/mol. The highest BCUT2D eigenvalue weighted by Gasteiger charge is 2.08. The molecule has 0 aliphatic heterocycles. The summed E-state index contributed by atoms with van der Waals surface area (Å²) in [6.07, 6.45) is 0.0138. The summed E-state index contributed by atoms with van der Waals surface area (Å²) in [5.74, 6) is -1.70. The van der Waals surface area contributed by atoms with Gasteiger partial charge in [0.15, 0.2) is 0 Å². The van der Waals surface area contributed by atoms with Crippen LogP contribution in [0.4, 0.5) is 0 Å². The van der Waals surface area contributed by atoms with Crippen molar-refractivity contribution in [2.75, 3.05) is 0 Å². The van der Waals surface area contributed by atoms with Crippen LogP contribution in [-0.2, 0) is 22.4 Å². The van der Waals surface area contributed by atoms with Crippen LogP contribution in [0.5, 0.6) is 0 Å². The highest BCUT2D eigenvalue weighted by Crippen LogP contribution is 2.32. The lowest BCUT2D eigenvalue weighted by Crippen LogP contribution is -1.99. The van der Waals surface area contributed by atoms with E-state index >= 15 is 0 Å². The molecule has 0 radical (unpaired) electrons. The second-order valence-corrected chi connectivity index (χ2v) is 6.08. The van der Waals surface area contributed by atoms with E-state index in [0.29, 0.717) is 0 Å². The van der Waals surface area contributed by atoms with Crippen LogP contribution in [-0.4, -0.2) is 22.2 Å². The normalized spacial score (nSPS) is 10.5. The van der Waals surface area contributed by atoms with E-state index in [1.54, 1.807) is 0 Å². The summed E-state index contributed by atoms with van der Waals surface area (Å²) in [7, 11) is 0. The summed E-state index contributed by atoms with van der Waals surface area (Å²) in [5, 5.41) is 17.8. The van der Waals surface area contributed by atoms with Gasteiger partial charge in [0.1, 0.15) is 0 Å². The van der Waals surface area contributed by atoms with Gasteiger partial charge in [0.25, 0.3) is 0 Å². The van der Waals surface area contributed by atoms with E-state index in [1.165, 1.54) is 0 Å². The number of hydrogen-bond acceptors (Lipinski definition) is 2. The van der Waals surface area contributed by atoms with Gasteiger partial charge in [-0.1, -0.05) is 72.8 Å². The Bertz CT molecular complexity index is 847. The summed E-state index contributed by atoms with van der Waals surface area (Å²) in [5.41, 5.74) is 5.61. The lowest BCUT2D eigenvalue weighted by molar-refractivity contribution is -0.137. The van der Waals surface area contributed by atoms with E-state index in [2.05, 4.69) is 0 Å². The van der Waals surface area contributed by atoms with Crippen molar-refractivity contribution in [1.82, 2.24) is 0 Å². The molecule has 3 aromatic rings. The molecule has 0 saturated heterocycles. The highest BCUT2D eigenvalue weighted by molar-refractivity contribution is 5.84. The van der Waals surface area contributed by atoms with Crippen LogP contribution in [0.3, 0.4) is 0 Å². The van der Waals surface area contributed by atoms with E-state index < -0.39 is 11.9 Å². The zero-order valence-corrected chi connectivity index (χ0v) is 14.1. The van der Waals surface area contributed by atoms with Crippen LogP contribution in [0.15, 0.2) is 72.8 Å². The van der Waals surface area contributed by atoms with Crippen molar-refractivity contribution in [2.45, 2.75) is 12.8 Å². The lowest BCUT2D eigenvalue weighted by atomic mass is 9.93. The van der Waals surface area contributed by atoms with Crippen LogP contribution < -0.4 is 0 Å². The minimum Gasteiger partial charge on any atom is -0.481 e. The Morgan fingerprint density at radius 2 is 0.923 bits per heavy atom. The summed E-state index contributed by atoms with van der Waals surface area (Å²) >= 11 is 0. The van der Waals surface area contributed by atoms with Gasteiger partial charge in [-0.05, 0) is 33.4 Å². The smallest absolute Gasteiger partial charge is 0.307 e. The molecule has 4 heteroatoms. The number of carboxylic acids is 2. The third-order valence-corrected chi connectivity index (χ3v) is 4.17. The fraction of sp³-hybridized carbons (Fsp3) is 0.0909. The maximum Gasteiger partial charge on any atom is 0.307 e. The summed E-state index contributed by atoms with van der Waals surface area (Å²) in [6.45, 7) is 0. The molecule has 3 aromatic carbocycles. The molecule has 0 heterocycles. The van der Waals surface area contributed by atoms with Gasteiger partial charge >= 0.3 is 11.9 Å². The molecule has 0 saturated carbocycles. The Labute approximate surface area is 151 Å². The van der Waals surface area contributed by atoms with Crippen molar-refractivity contribution in [3.8, 4) is 22.3 Å². The van der Waals surface area contributed by atoms with Crippen molar-refractivity contribution in [2.24, 2.45) is 0 Å². The van der Waals surface area contributed by atoms with Gasteiger partial charge in [-0.2, -0.15) is 0 Å². The Morgan fingerprint density at radius 1 is 0.577 bits per heavy atom. The van der Waals surface area contributed by atoms with Crippen LogP contribution in [0.25, 0.3) is 22.3 Å². The minimum atomic E-state index is -0.848. The lowest BCUT2D eigenvalue weighted by Gasteiger charge is -2.11. The SMILES string of the molecule is O=C(O)Cc1ccc(-c2ccccc2-c2ccc(CC(=O)O)cc2)cc1. The molecule has 0 amide bonds. The molecule has 0 fully saturated rings. The molecule has 0 aliphatic carbocycles. The van der Waals surface area contributed by atoms with Crippen LogP contribution in [0.1, 0.15) is 11.1 Å². The van der Waals surface area contributed by atoms with Crippen LogP contribution >= 0.6 is 0 Å². The fourth-order valence-electron chi connectivity index (χ4n) is 2.94. The highest BCUT2D eigenvalue weighted by atomic mass is 16.4. The van der Waals surface area contributed by atoms with Gasteiger partial charge in [0.05, 0.1) is 12.8 Å². The second-order valence-electron chi connectivity index (χ2n) is 6.08. The van der Waals surface area contributed by atoms with Gasteiger partial charge < -0.3 is 10.2 Å². The topological polar surface area (TPSA) is 74.6 Å². The summed E-state index contributed by atoms with van der Waals surface area (Å²) in [4.78, 5) is 21.6. The number of benzene rings is 3. The monoisotopic (exact) mass is 346 g/mol. The Morgan fingerprint density at radius 3 is 1.23 bits per heavy atom. The molecule has 0 unspecified atom stereocenters. The van der Waals surface area contributed by atoms with E-state index in [0.717, 1.165) is 33.4 Å². The molecule has 0 aliphatic rings. The van der Waals surface area contributed by atoms with Crippen LogP contribution in [0, 0.1) is 0 Å². The largest absolute Gasteiger partial charge is 0.481 e. The van der Waals surface area contributed by atoms with Crippen molar-refractivity contribution in [3.05, 3.63) is 83.9 Å². The standard InChI is InChI=1S/C22H18O4/c23-21(24)13-15-5-9-17(10-6-15)19-3-1-2-4-20(19)18-11-7-16(8-12-18)14-22(25)26/h1-12H,13-14H2,(H,23,24)(H,25,26). The Balaban J connectivity index is 1.93. The molecule has 0 aromatic heterocycles. The third-order valence-electron chi connectivity index (χ3n) is 4.17. The molecule has 2 N–H and O–H groups in total. The van der Waals surface area contributed by atoms with Crippen molar-refractivity contribution >= 4 is 11.9 Å². The van der Waals surface area contributed by atoms with Crippen molar-refractivity contribution in [1.29, 1.82) is 0 Å². The number of hydrogen-bond donors (Lipinski definition) is 2. The molecule has 0 bridgehead atoms. The molecule has 0 atom stereocenters. The minimum absolute atomic E-state index is 0.00691. The molecule has 0 spiro atoms. The van der Waals surface area contributed by atoms with Crippen LogP contribution in [0.2, 0.25) is 0 Å². The van der Waals surface area contributed by atoms with E-state index in [9.17, 15) is 9.59 Å². The molecule has 26 heavy (non-hydrogen) atoms. The van der Waals surface area contributed by atoms with Gasteiger partial charge in [0.2, 0.25) is 0 Å². The van der Waals surface area contributed by atoms with Crippen molar-refractivity contribution in [3.63, 3.8) is 0 Å². The van der Waals surface area contributed by atoms with E-state index in [4.69, 9.17) is 10.2 Å². The van der Waals surface area contributed by atoms with Gasteiger partial charge in [0, 0.05) is 0 Å². The summed E-state index contributed by atoms with van der Waals surface area (Å²) < 4.78 is 0. The first-order valence-corrected chi connectivity index (χ1v) is 8.24. The average molecular weight is 346 g/mol. The van der Waals surface area contributed by atoms with Crippen molar-refractivity contribution < 1.29 is 19.8 Å². The number of carbonyl (C=O) groups is 2. The summed E-state index contributed by atoms with van der Waals surface area (Å²) in [6, 6.07) is 23.0. The van der Waals surface area contributed by atoms with Gasteiger partial charge in [-0.3, -0.25) is 9.59 Å². The second kappa shape index (κ2) is 7.66. The molecule has 4 nitrogen and oxygen atoms in total. The number of aliphatic carboxylic acids is 2. The first-order chi connectivity index (χ1) is 12.5. The van der Waals surface area contributed by atoms with Gasteiger partial charge in [-0.15, -0.1) is 0 Å². The third kappa shape index (κ3) is 4.16. The predicted octanol–water partition coefficient (Wildman–Crippen LogP) is 4.27. The maximum absolute atomic E-state index is 10.8. The Kier molecular flexibility index (Phi) is 5.13. The Hall–Kier alpha value is -3.40. The van der Waals surface area contributed by atoms with E-state index in [1.807, 2.05) is 72.8 Å². The molecule has 3 rings (SSSR count). The van der Waals surface area contributed by atoms with Gasteiger partial charge in [-0.25, -0.2) is 0 Å². The van der Waals surface area contributed by atoms with E-state index in [-0.39, 0.29) is 12.8 Å². The molecular weight excluding hydrogens is 328 g/mol. The average Bonchev–Trinajstić information content (AvgIpc) is 2.62. The number of carboxylic acid groups (broad SMARTS) is 2.